The number of nitrogens with one attached hydrogen (secondary N) is 2. The van der Waals surface area contributed by atoms with E-state index in [0.717, 1.165) is 5.56 Å². The standard InChI is InChI=1S/C15H18N2O3/c1-6-15(4,5)17-14(20)16-11-7-9(2)10(3)12(8-11)13(18)19/h1,7-8H,2-5H3,(H,18,19)(H2,16,17,20). The zero-order valence-corrected chi connectivity index (χ0v) is 12.0. The van der Waals surface area contributed by atoms with Gasteiger partial charge in [-0.05, 0) is 51.0 Å². The first kappa shape index (κ1) is 15.6. The maximum Gasteiger partial charge on any atom is 0.336 e. The van der Waals surface area contributed by atoms with E-state index in [2.05, 4.69) is 16.6 Å². The van der Waals surface area contributed by atoms with Gasteiger partial charge in [0.05, 0.1) is 11.1 Å². The number of hydrogen-bond acceptors (Lipinski definition) is 2. The SMILES string of the molecule is C#CC(C)(C)NC(=O)Nc1cc(C)c(C)c(C(=O)O)c1. The number of anilines is 1. The first-order valence-electron chi connectivity index (χ1n) is 6.08. The highest BCUT2D eigenvalue weighted by Crippen LogP contribution is 2.20. The number of rotatable bonds is 3. The highest BCUT2D eigenvalue weighted by atomic mass is 16.4. The summed E-state index contributed by atoms with van der Waals surface area (Å²) in [5.41, 5.74) is 1.26. The lowest BCUT2D eigenvalue weighted by Gasteiger charge is -2.20. The molecule has 1 rings (SSSR count). The third-order valence-corrected chi connectivity index (χ3v) is 2.94. The van der Waals surface area contributed by atoms with Gasteiger partial charge in [0, 0.05) is 5.69 Å². The van der Waals surface area contributed by atoms with Crippen molar-refractivity contribution in [3.05, 3.63) is 28.8 Å². The molecule has 0 atom stereocenters. The van der Waals surface area contributed by atoms with Crippen LogP contribution in [0, 0.1) is 26.2 Å². The summed E-state index contributed by atoms with van der Waals surface area (Å²) in [5.74, 6) is 1.41. The van der Waals surface area contributed by atoms with E-state index in [-0.39, 0.29) is 5.56 Å². The molecule has 0 bridgehead atoms. The van der Waals surface area contributed by atoms with Gasteiger partial charge in [-0.1, -0.05) is 5.92 Å². The molecule has 0 saturated heterocycles. The van der Waals surface area contributed by atoms with Crippen LogP contribution < -0.4 is 10.6 Å². The summed E-state index contributed by atoms with van der Waals surface area (Å²) >= 11 is 0. The van der Waals surface area contributed by atoms with Crippen LogP contribution in [0.2, 0.25) is 0 Å². The molecule has 5 nitrogen and oxygen atoms in total. The van der Waals surface area contributed by atoms with Crippen molar-refractivity contribution in [3.8, 4) is 12.3 Å². The first-order chi connectivity index (χ1) is 9.16. The molecule has 106 valence electrons. The number of aryl methyl sites for hydroxylation is 1. The molecule has 0 heterocycles. The van der Waals surface area contributed by atoms with Gasteiger partial charge in [-0.2, -0.15) is 0 Å². The summed E-state index contributed by atoms with van der Waals surface area (Å²) in [7, 11) is 0. The lowest BCUT2D eigenvalue weighted by Crippen LogP contribution is -2.44. The Balaban J connectivity index is 2.97. The molecule has 2 amide bonds. The molecule has 0 saturated carbocycles. The molecule has 3 N–H and O–H groups in total. The van der Waals surface area contributed by atoms with E-state index in [1.165, 1.54) is 6.07 Å². The predicted molar refractivity (Wildman–Crippen MR) is 77.9 cm³/mol. The van der Waals surface area contributed by atoms with Gasteiger partial charge in [-0.25, -0.2) is 9.59 Å². The molecule has 0 fully saturated rings. The number of benzene rings is 1. The van der Waals surface area contributed by atoms with Crippen LogP contribution in [0.15, 0.2) is 12.1 Å². The molecule has 0 radical (unpaired) electrons. The Kier molecular flexibility index (Phi) is 4.41. The fourth-order valence-electron chi connectivity index (χ4n) is 1.64. The van der Waals surface area contributed by atoms with Gasteiger partial charge in [0.1, 0.15) is 0 Å². The zero-order valence-electron chi connectivity index (χ0n) is 12.0. The average Bonchev–Trinajstić information content (AvgIpc) is 2.32. The first-order valence-corrected chi connectivity index (χ1v) is 6.08. The highest BCUT2D eigenvalue weighted by molar-refractivity contribution is 5.94. The molecule has 0 aromatic heterocycles. The molecule has 0 aliphatic heterocycles. The Hall–Kier alpha value is -2.48. The van der Waals surface area contributed by atoms with E-state index >= 15 is 0 Å². The van der Waals surface area contributed by atoms with Gasteiger partial charge in [-0.3, -0.25) is 0 Å². The van der Waals surface area contributed by atoms with Gasteiger partial charge in [0.2, 0.25) is 0 Å². The quantitative estimate of drug-likeness (QED) is 0.741. The third-order valence-electron chi connectivity index (χ3n) is 2.94. The number of carboxylic acids is 1. The summed E-state index contributed by atoms with van der Waals surface area (Å²) in [4.78, 5) is 22.9. The van der Waals surface area contributed by atoms with Crippen molar-refractivity contribution in [2.24, 2.45) is 0 Å². The molecule has 5 heteroatoms. The normalized spacial score (nSPS) is 10.6. The summed E-state index contributed by atoms with van der Waals surface area (Å²) in [6.07, 6.45) is 5.29. The molecular weight excluding hydrogens is 256 g/mol. The maximum atomic E-state index is 11.8. The van der Waals surface area contributed by atoms with Crippen molar-refractivity contribution in [2.45, 2.75) is 33.2 Å². The molecule has 0 unspecified atom stereocenters. The van der Waals surface area contributed by atoms with E-state index < -0.39 is 17.5 Å². The maximum absolute atomic E-state index is 11.8. The van der Waals surface area contributed by atoms with E-state index in [1.54, 1.807) is 33.8 Å². The number of aromatic carboxylic acids is 1. The van der Waals surface area contributed by atoms with E-state index in [9.17, 15) is 9.59 Å². The predicted octanol–water partition coefficient (Wildman–Crippen LogP) is 2.53. The largest absolute Gasteiger partial charge is 0.478 e. The lowest BCUT2D eigenvalue weighted by atomic mass is 10.0. The van der Waals surface area contributed by atoms with E-state index in [1.807, 2.05) is 0 Å². The lowest BCUT2D eigenvalue weighted by molar-refractivity contribution is 0.0696. The second-order valence-corrected chi connectivity index (χ2v) is 5.12. The van der Waals surface area contributed by atoms with Crippen molar-refractivity contribution >= 4 is 17.7 Å². The van der Waals surface area contributed by atoms with Crippen LogP contribution in [-0.4, -0.2) is 22.6 Å². The van der Waals surface area contributed by atoms with Crippen LogP contribution in [0.5, 0.6) is 0 Å². The number of hydrogen-bond donors (Lipinski definition) is 3. The fraction of sp³-hybridized carbons (Fsp3) is 0.333. The Labute approximate surface area is 118 Å². The number of carboxylic acid groups (broad SMARTS) is 1. The second-order valence-electron chi connectivity index (χ2n) is 5.12. The van der Waals surface area contributed by atoms with Crippen LogP contribution >= 0.6 is 0 Å². The minimum Gasteiger partial charge on any atom is -0.478 e. The number of terminal acetylenes is 1. The zero-order chi connectivity index (χ0) is 15.5. The van der Waals surface area contributed by atoms with Crippen molar-refractivity contribution in [1.82, 2.24) is 5.32 Å². The monoisotopic (exact) mass is 274 g/mol. The van der Waals surface area contributed by atoms with Crippen molar-refractivity contribution < 1.29 is 14.7 Å². The van der Waals surface area contributed by atoms with Crippen LogP contribution in [0.1, 0.15) is 35.3 Å². The van der Waals surface area contributed by atoms with Crippen LogP contribution in [0.25, 0.3) is 0 Å². The third kappa shape index (κ3) is 3.75. The Morgan fingerprint density at radius 2 is 1.90 bits per heavy atom. The molecule has 1 aromatic rings. The fourth-order valence-corrected chi connectivity index (χ4v) is 1.64. The molecule has 0 spiro atoms. The summed E-state index contributed by atoms with van der Waals surface area (Å²) in [5, 5.41) is 14.3. The molecular formula is C15H18N2O3. The second kappa shape index (κ2) is 5.66. The minimum absolute atomic E-state index is 0.163. The molecule has 1 aromatic carbocycles. The van der Waals surface area contributed by atoms with Crippen LogP contribution in [0.4, 0.5) is 10.5 Å². The number of carbonyl (C=O) groups excluding carboxylic acids is 1. The van der Waals surface area contributed by atoms with Crippen molar-refractivity contribution in [2.75, 3.05) is 5.32 Å². The number of carbonyl (C=O) groups is 2. The smallest absolute Gasteiger partial charge is 0.336 e. The Bertz CT molecular complexity index is 598. The van der Waals surface area contributed by atoms with Gasteiger partial charge in [0.15, 0.2) is 0 Å². The van der Waals surface area contributed by atoms with Crippen LogP contribution in [-0.2, 0) is 0 Å². The topological polar surface area (TPSA) is 78.4 Å². The Morgan fingerprint density at radius 1 is 1.30 bits per heavy atom. The molecule has 0 aliphatic rings. The van der Waals surface area contributed by atoms with Crippen molar-refractivity contribution in [3.63, 3.8) is 0 Å². The summed E-state index contributed by atoms with van der Waals surface area (Å²) in [6, 6.07) is 2.66. The average molecular weight is 274 g/mol. The van der Waals surface area contributed by atoms with E-state index in [0.29, 0.717) is 11.3 Å². The van der Waals surface area contributed by atoms with Gasteiger partial charge < -0.3 is 15.7 Å². The van der Waals surface area contributed by atoms with Gasteiger partial charge in [-0.15, -0.1) is 6.42 Å². The highest BCUT2D eigenvalue weighted by Gasteiger charge is 2.18. The summed E-state index contributed by atoms with van der Waals surface area (Å²) in [6.45, 7) is 6.89. The summed E-state index contributed by atoms with van der Waals surface area (Å²) < 4.78 is 0. The van der Waals surface area contributed by atoms with Gasteiger partial charge >= 0.3 is 12.0 Å². The van der Waals surface area contributed by atoms with Gasteiger partial charge in [0.25, 0.3) is 0 Å². The minimum atomic E-state index is -1.03. The van der Waals surface area contributed by atoms with Crippen molar-refractivity contribution in [1.29, 1.82) is 0 Å². The number of urea groups is 1. The Morgan fingerprint density at radius 3 is 2.40 bits per heavy atom. The van der Waals surface area contributed by atoms with Crippen LogP contribution in [0.3, 0.4) is 0 Å². The number of amides is 2. The molecule has 20 heavy (non-hydrogen) atoms. The molecule has 0 aliphatic carbocycles. The van der Waals surface area contributed by atoms with E-state index in [4.69, 9.17) is 11.5 Å².